The maximum absolute atomic E-state index is 11.0. The van der Waals surface area contributed by atoms with Crippen molar-refractivity contribution in [1.82, 2.24) is 5.32 Å². The van der Waals surface area contributed by atoms with Crippen LogP contribution in [0.3, 0.4) is 0 Å². The summed E-state index contributed by atoms with van der Waals surface area (Å²) in [7, 11) is 0. The highest BCUT2D eigenvalue weighted by Gasteiger charge is 1.99. The third-order valence-corrected chi connectivity index (χ3v) is 1.72. The van der Waals surface area contributed by atoms with E-state index in [0.717, 1.165) is 5.75 Å². The Hall–Kier alpha value is -1.51. The summed E-state index contributed by atoms with van der Waals surface area (Å²) >= 11 is 0. The number of rotatable bonds is 5. The number of ether oxygens (including phenoxy) is 1. The van der Waals surface area contributed by atoms with Crippen LogP contribution in [0.25, 0.3) is 0 Å². The summed E-state index contributed by atoms with van der Waals surface area (Å²) in [5, 5.41) is 2.71. The summed E-state index contributed by atoms with van der Waals surface area (Å²) in [4.78, 5) is 11.0. The topological polar surface area (TPSA) is 38.3 Å². The number of amides is 1. The van der Waals surface area contributed by atoms with Crippen LogP contribution in [0.1, 0.15) is 13.3 Å². The minimum Gasteiger partial charge on any atom is -0.493 e. The van der Waals surface area contributed by atoms with E-state index >= 15 is 0 Å². The molecule has 3 heteroatoms. The molecule has 0 saturated carbocycles. The maximum atomic E-state index is 11.0. The van der Waals surface area contributed by atoms with Gasteiger partial charge < -0.3 is 10.1 Å². The van der Waals surface area contributed by atoms with Crippen LogP contribution in [0.15, 0.2) is 30.3 Å². The van der Waals surface area contributed by atoms with Gasteiger partial charge in [0.05, 0.1) is 13.0 Å². The van der Waals surface area contributed by atoms with E-state index in [4.69, 9.17) is 4.74 Å². The average molecular weight is 193 g/mol. The molecular formula is C11H15NO2. The molecular weight excluding hydrogens is 178 g/mol. The van der Waals surface area contributed by atoms with Crippen LogP contribution < -0.4 is 10.1 Å². The van der Waals surface area contributed by atoms with Gasteiger partial charge in [0.1, 0.15) is 5.75 Å². The highest BCUT2D eigenvalue weighted by atomic mass is 16.5. The zero-order valence-corrected chi connectivity index (χ0v) is 8.32. The van der Waals surface area contributed by atoms with Gasteiger partial charge in [-0.25, -0.2) is 0 Å². The van der Waals surface area contributed by atoms with Gasteiger partial charge in [-0.3, -0.25) is 4.79 Å². The lowest BCUT2D eigenvalue weighted by Gasteiger charge is -2.05. The van der Waals surface area contributed by atoms with Gasteiger partial charge in [0.25, 0.3) is 0 Å². The van der Waals surface area contributed by atoms with Crippen LogP contribution in [-0.4, -0.2) is 19.1 Å². The number of carbonyl (C=O) groups excluding carboxylic acids is 1. The summed E-state index contributed by atoms with van der Waals surface area (Å²) in [6.45, 7) is 3.00. The van der Waals surface area contributed by atoms with Gasteiger partial charge in [0, 0.05) is 6.54 Å². The molecule has 1 aromatic rings. The van der Waals surface area contributed by atoms with Gasteiger partial charge in [-0.15, -0.1) is 0 Å². The second-order valence-electron chi connectivity index (χ2n) is 2.87. The first-order chi connectivity index (χ1) is 6.83. The number of hydrogen-bond donors (Lipinski definition) is 1. The first-order valence-corrected chi connectivity index (χ1v) is 4.77. The van der Waals surface area contributed by atoms with E-state index in [1.54, 1.807) is 0 Å². The zero-order chi connectivity index (χ0) is 10.2. The summed E-state index contributed by atoms with van der Waals surface area (Å²) in [5.41, 5.74) is 0. The van der Waals surface area contributed by atoms with E-state index < -0.39 is 0 Å². The van der Waals surface area contributed by atoms with Crippen molar-refractivity contribution in [3.05, 3.63) is 30.3 Å². The van der Waals surface area contributed by atoms with Gasteiger partial charge in [0.15, 0.2) is 0 Å². The third kappa shape index (κ3) is 3.94. The van der Waals surface area contributed by atoms with Crippen molar-refractivity contribution in [2.75, 3.05) is 13.2 Å². The molecule has 0 aliphatic heterocycles. The van der Waals surface area contributed by atoms with Gasteiger partial charge >= 0.3 is 0 Å². The predicted octanol–water partition coefficient (Wildman–Crippen LogP) is 1.59. The highest BCUT2D eigenvalue weighted by molar-refractivity contribution is 5.75. The molecule has 76 valence electrons. The standard InChI is InChI=1S/C11H15NO2/c1-2-12-11(13)8-9-14-10-6-4-3-5-7-10/h3-7H,2,8-9H2,1H3,(H,12,13). The van der Waals surface area contributed by atoms with Crippen molar-refractivity contribution in [3.8, 4) is 5.75 Å². The second kappa shape index (κ2) is 6.02. The lowest BCUT2D eigenvalue weighted by Crippen LogP contribution is -2.24. The average Bonchev–Trinajstić information content (AvgIpc) is 2.20. The Balaban J connectivity index is 2.19. The number of para-hydroxylation sites is 1. The molecule has 1 aromatic carbocycles. The highest BCUT2D eigenvalue weighted by Crippen LogP contribution is 2.07. The molecule has 3 nitrogen and oxygen atoms in total. The van der Waals surface area contributed by atoms with E-state index in [0.29, 0.717) is 19.6 Å². The normalized spacial score (nSPS) is 9.50. The van der Waals surface area contributed by atoms with Crippen LogP contribution >= 0.6 is 0 Å². The first kappa shape index (κ1) is 10.6. The van der Waals surface area contributed by atoms with E-state index in [1.165, 1.54) is 0 Å². The van der Waals surface area contributed by atoms with Crippen molar-refractivity contribution in [2.24, 2.45) is 0 Å². The molecule has 0 aromatic heterocycles. The number of hydrogen-bond acceptors (Lipinski definition) is 2. The SMILES string of the molecule is CCNC(=O)CCOc1ccccc1. The van der Waals surface area contributed by atoms with Crippen LogP contribution in [0.4, 0.5) is 0 Å². The maximum Gasteiger partial charge on any atom is 0.223 e. The van der Waals surface area contributed by atoms with Crippen LogP contribution in [0, 0.1) is 0 Å². The fourth-order valence-corrected chi connectivity index (χ4v) is 1.06. The smallest absolute Gasteiger partial charge is 0.223 e. The molecule has 0 spiro atoms. The predicted molar refractivity (Wildman–Crippen MR) is 55.2 cm³/mol. The molecule has 1 amide bonds. The fraction of sp³-hybridized carbons (Fsp3) is 0.364. The summed E-state index contributed by atoms with van der Waals surface area (Å²) in [6.07, 6.45) is 0.405. The molecule has 0 heterocycles. The Morgan fingerprint density at radius 3 is 2.71 bits per heavy atom. The largest absolute Gasteiger partial charge is 0.493 e. The molecule has 0 bridgehead atoms. The van der Waals surface area contributed by atoms with Crippen molar-refractivity contribution in [2.45, 2.75) is 13.3 Å². The lowest BCUT2D eigenvalue weighted by atomic mass is 10.3. The molecule has 1 rings (SSSR count). The van der Waals surface area contributed by atoms with Gasteiger partial charge in [-0.1, -0.05) is 18.2 Å². The monoisotopic (exact) mass is 193 g/mol. The van der Waals surface area contributed by atoms with Gasteiger partial charge in [-0.2, -0.15) is 0 Å². The van der Waals surface area contributed by atoms with E-state index in [1.807, 2.05) is 37.3 Å². The Labute approximate surface area is 84.1 Å². The Bertz CT molecular complexity index is 272. The summed E-state index contributed by atoms with van der Waals surface area (Å²) in [5.74, 6) is 0.834. The molecule has 0 radical (unpaired) electrons. The van der Waals surface area contributed by atoms with E-state index in [2.05, 4.69) is 5.32 Å². The second-order valence-corrected chi connectivity index (χ2v) is 2.87. The molecule has 14 heavy (non-hydrogen) atoms. The zero-order valence-electron chi connectivity index (χ0n) is 8.32. The molecule has 1 N–H and O–H groups in total. The summed E-state index contributed by atoms with van der Waals surface area (Å²) in [6, 6.07) is 9.48. The minimum absolute atomic E-state index is 0.0310. The molecule has 0 aliphatic carbocycles. The number of benzene rings is 1. The van der Waals surface area contributed by atoms with Crippen LogP contribution in [0.5, 0.6) is 5.75 Å². The summed E-state index contributed by atoms with van der Waals surface area (Å²) < 4.78 is 5.36. The molecule has 0 atom stereocenters. The fourth-order valence-electron chi connectivity index (χ4n) is 1.06. The van der Waals surface area contributed by atoms with Crippen molar-refractivity contribution < 1.29 is 9.53 Å². The Kier molecular flexibility index (Phi) is 4.55. The minimum atomic E-state index is 0.0310. The van der Waals surface area contributed by atoms with E-state index in [9.17, 15) is 4.79 Å². The Morgan fingerprint density at radius 2 is 2.07 bits per heavy atom. The number of nitrogens with one attached hydrogen (secondary N) is 1. The van der Waals surface area contributed by atoms with Gasteiger partial charge in [-0.05, 0) is 19.1 Å². The first-order valence-electron chi connectivity index (χ1n) is 4.77. The van der Waals surface area contributed by atoms with Crippen molar-refractivity contribution in [3.63, 3.8) is 0 Å². The van der Waals surface area contributed by atoms with Crippen LogP contribution in [0.2, 0.25) is 0 Å². The number of carbonyl (C=O) groups is 1. The molecule has 0 aliphatic rings. The van der Waals surface area contributed by atoms with Crippen molar-refractivity contribution in [1.29, 1.82) is 0 Å². The van der Waals surface area contributed by atoms with Gasteiger partial charge in [0.2, 0.25) is 5.91 Å². The quantitative estimate of drug-likeness (QED) is 0.771. The van der Waals surface area contributed by atoms with E-state index in [-0.39, 0.29) is 5.91 Å². The molecule has 0 fully saturated rings. The van der Waals surface area contributed by atoms with Crippen LogP contribution in [-0.2, 0) is 4.79 Å². The Morgan fingerprint density at radius 1 is 1.36 bits per heavy atom. The lowest BCUT2D eigenvalue weighted by molar-refractivity contribution is -0.121. The molecule has 0 unspecified atom stereocenters. The van der Waals surface area contributed by atoms with Crippen molar-refractivity contribution >= 4 is 5.91 Å². The molecule has 0 saturated heterocycles. The third-order valence-electron chi connectivity index (χ3n) is 1.72.